The van der Waals surface area contributed by atoms with Crippen molar-refractivity contribution in [3.8, 4) is 0 Å². The molecule has 2 rings (SSSR count). The molecule has 1 aromatic rings. The van der Waals surface area contributed by atoms with Crippen LogP contribution in [0, 0.1) is 0 Å². The van der Waals surface area contributed by atoms with Crippen molar-refractivity contribution in [2.24, 2.45) is 5.73 Å². The lowest BCUT2D eigenvalue weighted by Gasteiger charge is -2.43. The van der Waals surface area contributed by atoms with Crippen molar-refractivity contribution in [2.45, 2.75) is 30.9 Å². The van der Waals surface area contributed by atoms with Crippen LogP contribution in [0.5, 0.6) is 0 Å². The zero-order valence-electron chi connectivity index (χ0n) is 9.85. The molecule has 1 aliphatic rings. The summed E-state index contributed by atoms with van der Waals surface area (Å²) in [5, 5.41) is 9.39. The lowest BCUT2D eigenvalue weighted by atomic mass is 9.61. The predicted molar refractivity (Wildman–Crippen MR) is 63.7 cm³/mol. The first-order valence-electron chi connectivity index (χ1n) is 5.66. The number of aliphatic carboxylic acids is 1. The van der Waals surface area contributed by atoms with E-state index in [4.69, 9.17) is 10.5 Å². The SMILES string of the molecule is COCc1cccc(C2(C(=O)O)CC(N)C2)c1. The Hall–Kier alpha value is -1.39. The third kappa shape index (κ3) is 2.06. The fourth-order valence-electron chi connectivity index (χ4n) is 2.49. The number of hydrogen-bond acceptors (Lipinski definition) is 3. The minimum Gasteiger partial charge on any atom is -0.481 e. The van der Waals surface area contributed by atoms with Crippen LogP contribution < -0.4 is 5.73 Å². The van der Waals surface area contributed by atoms with Gasteiger partial charge in [-0.25, -0.2) is 0 Å². The second kappa shape index (κ2) is 4.47. The van der Waals surface area contributed by atoms with Crippen molar-refractivity contribution < 1.29 is 14.6 Å². The van der Waals surface area contributed by atoms with E-state index in [1.807, 2.05) is 24.3 Å². The van der Waals surface area contributed by atoms with Crippen LogP contribution in [0.15, 0.2) is 24.3 Å². The van der Waals surface area contributed by atoms with Crippen molar-refractivity contribution in [3.63, 3.8) is 0 Å². The predicted octanol–water partition coefficient (Wildman–Crippen LogP) is 1.28. The van der Waals surface area contributed by atoms with Crippen LogP contribution >= 0.6 is 0 Å². The normalized spacial score (nSPS) is 27.5. The second-order valence-electron chi connectivity index (χ2n) is 4.69. The summed E-state index contributed by atoms with van der Waals surface area (Å²) in [5.41, 5.74) is 6.78. The van der Waals surface area contributed by atoms with Crippen LogP contribution in [-0.2, 0) is 21.6 Å². The molecule has 0 aromatic heterocycles. The van der Waals surface area contributed by atoms with Crippen LogP contribution in [0.25, 0.3) is 0 Å². The molecule has 0 saturated heterocycles. The van der Waals surface area contributed by atoms with E-state index in [9.17, 15) is 9.90 Å². The molecule has 1 aromatic carbocycles. The highest BCUT2D eigenvalue weighted by Crippen LogP contribution is 2.43. The molecule has 0 radical (unpaired) electrons. The molecule has 92 valence electrons. The molecule has 0 heterocycles. The number of rotatable bonds is 4. The molecule has 4 heteroatoms. The third-order valence-electron chi connectivity index (χ3n) is 3.42. The van der Waals surface area contributed by atoms with Crippen LogP contribution in [-0.4, -0.2) is 24.2 Å². The quantitative estimate of drug-likeness (QED) is 0.824. The average Bonchev–Trinajstić information content (AvgIpc) is 2.25. The zero-order chi connectivity index (χ0) is 12.5. The Morgan fingerprint density at radius 2 is 2.29 bits per heavy atom. The Balaban J connectivity index is 2.31. The van der Waals surface area contributed by atoms with E-state index in [2.05, 4.69) is 0 Å². The molecule has 0 aliphatic heterocycles. The van der Waals surface area contributed by atoms with Crippen molar-refractivity contribution in [2.75, 3.05) is 7.11 Å². The van der Waals surface area contributed by atoms with Crippen LogP contribution in [0.1, 0.15) is 24.0 Å². The van der Waals surface area contributed by atoms with Crippen molar-refractivity contribution >= 4 is 5.97 Å². The number of carbonyl (C=O) groups is 1. The summed E-state index contributed by atoms with van der Waals surface area (Å²) in [6.07, 6.45) is 1.03. The van der Waals surface area contributed by atoms with E-state index < -0.39 is 11.4 Å². The molecule has 1 fully saturated rings. The van der Waals surface area contributed by atoms with Gasteiger partial charge in [0.2, 0.25) is 0 Å². The number of hydrogen-bond donors (Lipinski definition) is 2. The fourth-order valence-corrected chi connectivity index (χ4v) is 2.49. The molecule has 4 nitrogen and oxygen atoms in total. The molecule has 0 spiro atoms. The summed E-state index contributed by atoms with van der Waals surface area (Å²) in [7, 11) is 1.62. The number of benzene rings is 1. The topological polar surface area (TPSA) is 72.5 Å². The molecule has 0 atom stereocenters. The first kappa shape index (κ1) is 12.1. The highest BCUT2D eigenvalue weighted by Gasteiger charge is 2.50. The van der Waals surface area contributed by atoms with Gasteiger partial charge in [0.25, 0.3) is 0 Å². The minimum atomic E-state index is -0.789. The van der Waals surface area contributed by atoms with Gasteiger partial charge in [0.05, 0.1) is 12.0 Å². The van der Waals surface area contributed by atoms with E-state index in [1.165, 1.54) is 0 Å². The first-order valence-corrected chi connectivity index (χ1v) is 5.66. The van der Waals surface area contributed by atoms with Crippen molar-refractivity contribution in [3.05, 3.63) is 35.4 Å². The van der Waals surface area contributed by atoms with E-state index in [0.717, 1.165) is 11.1 Å². The van der Waals surface area contributed by atoms with Crippen LogP contribution in [0.2, 0.25) is 0 Å². The van der Waals surface area contributed by atoms with Gasteiger partial charge in [-0.3, -0.25) is 4.79 Å². The van der Waals surface area contributed by atoms with Crippen molar-refractivity contribution in [1.82, 2.24) is 0 Å². The Morgan fingerprint density at radius 1 is 1.59 bits per heavy atom. The van der Waals surface area contributed by atoms with Gasteiger partial charge in [0, 0.05) is 13.2 Å². The monoisotopic (exact) mass is 235 g/mol. The van der Waals surface area contributed by atoms with Crippen LogP contribution in [0.4, 0.5) is 0 Å². The standard InChI is InChI=1S/C13H17NO3/c1-17-8-9-3-2-4-10(5-9)13(12(15)16)6-11(14)7-13/h2-5,11H,6-8,14H2,1H3,(H,15,16). The van der Waals surface area contributed by atoms with Gasteiger partial charge >= 0.3 is 5.97 Å². The molecule has 0 amide bonds. The third-order valence-corrected chi connectivity index (χ3v) is 3.42. The Kier molecular flexibility index (Phi) is 3.17. The number of carboxylic acids is 1. The van der Waals surface area contributed by atoms with Gasteiger partial charge in [0.1, 0.15) is 0 Å². The molecule has 0 bridgehead atoms. The summed E-state index contributed by atoms with van der Waals surface area (Å²) in [5.74, 6) is -0.784. The molecule has 1 saturated carbocycles. The zero-order valence-corrected chi connectivity index (χ0v) is 9.85. The molecule has 0 unspecified atom stereocenters. The first-order chi connectivity index (χ1) is 8.08. The maximum atomic E-state index is 11.4. The highest BCUT2D eigenvalue weighted by molar-refractivity contribution is 5.83. The number of ether oxygens (including phenoxy) is 1. The van der Waals surface area contributed by atoms with Gasteiger partial charge in [-0.15, -0.1) is 0 Å². The summed E-state index contributed by atoms with van der Waals surface area (Å²) in [6, 6.07) is 7.57. The Labute approximate surface area is 100 Å². The number of methoxy groups -OCH3 is 1. The van der Waals surface area contributed by atoms with Gasteiger partial charge in [-0.05, 0) is 24.0 Å². The fraction of sp³-hybridized carbons (Fsp3) is 0.462. The maximum absolute atomic E-state index is 11.4. The van der Waals surface area contributed by atoms with Gasteiger partial charge in [-0.2, -0.15) is 0 Å². The average molecular weight is 235 g/mol. The minimum absolute atomic E-state index is 0.00261. The van der Waals surface area contributed by atoms with E-state index in [0.29, 0.717) is 19.4 Å². The van der Waals surface area contributed by atoms with E-state index >= 15 is 0 Å². The summed E-state index contributed by atoms with van der Waals surface area (Å²) < 4.78 is 5.06. The smallest absolute Gasteiger partial charge is 0.314 e. The second-order valence-corrected chi connectivity index (χ2v) is 4.69. The molecule has 1 aliphatic carbocycles. The number of carboxylic acid groups (broad SMARTS) is 1. The molecule has 3 N–H and O–H groups in total. The Morgan fingerprint density at radius 3 is 2.82 bits per heavy atom. The summed E-state index contributed by atoms with van der Waals surface area (Å²) in [4.78, 5) is 11.4. The van der Waals surface area contributed by atoms with Gasteiger partial charge in [0.15, 0.2) is 0 Å². The molecular formula is C13H17NO3. The Bertz CT molecular complexity index is 424. The molecule has 17 heavy (non-hydrogen) atoms. The number of nitrogens with two attached hydrogens (primary N) is 1. The molecular weight excluding hydrogens is 218 g/mol. The summed E-state index contributed by atoms with van der Waals surface area (Å²) >= 11 is 0. The maximum Gasteiger partial charge on any atom is 0.314 e. The van der Waals surface area contributed by atoms with Gasteiger partial charge < -0.3 is 15.6 Å². The summed E-state index contributed by atoms with van der Waals surface area (Å²) in [6.45, 7) is 0.496. The largest absolute Gasteiger partial charge is 0.481 e. The lowest BCUT2D eigenvalue weighted by molar-refractivity contribution is -0.148. The van der Waals surface area contributed by atoms with E-state index in [1.54, 1.807) is 7.11 Å². The lowest BCUT2D eigenvalue weighted by Crippen LogP contribution is -2.54. The highest BCUT2D eigenvalue weighted by atomic mass is 16.5. The van der Waals surface area contributed by atoms with Crippen LogP contribution in [0.3, 0.4) is 0 Å². The van der Waals surface area contributed by atoms with Crippen molar-refractivity contribution in [1.29, 1.82) is 0 Å². The van der Waals surface area contributed by atoms with E-state index in [-0.39, 0.29) is 6.04 Å². The van der Waals surface area contributed by atoms with Gasteiger partial charge in [-0.1, -0.05) is 24.3 Å².